The molecule has 5 rings (SSSR count). The second-order valence-corrected chi connectivity index (χ2v) is 7.95. The number of H-pyrrole nitrogens is 1. The molecule has 0 bridgehead atoms. The van der Waals surface area contributed by atoms with Gasteiger partial charge in [-0.2, -0.15) is 0 Å². The summed E-state index contributed by atoms with van der Waals surface area (Å²) in [6, 6.07) is 18.3. The number of aromatic amines is 1. The average molecular weight is 426 g/mol. The highest BCUT2D eigenvalue weighted by Gasteiger charge is 2.38. The van der Waals surface area contributed by atoms with Gasteiger partial charge in [-0.05, 0) is 50.6 Å². The fourth-order valence-corrected chi connectivity index (χ4v) is 4.30. The molecular formula is C25H22N4O3. The van der Waals surface area contributed by atoms with Crippen molar-refractivity contribution in [2.24, 2.45) is 0 Å². The summed E-state index contributed by atoms with van der Waals surface area (Å²) < 4.78 is 6.69. The van der Waals surface area contributed by atoms with E-state index in [4.69, 9.17) is 4.52 Å². The van der Waals surface area contributed by atoms with E-state index in [2.05, 4.69) is 15.1 Å². The van der Waals surface area contributed by atoms with E-state index in [0.29, 0.717) is 28.1 Å². The molecule has 0 amide bonds. The van der Waals surface area contributed by atoms with Crippen LogP contribution < -0.4 is 5.69 Å². The smallest absolute Gasteiger partial charge is 0.329 e. The van der Waals surface area contributed by atoms with E-state index in [0.717, 1.165) is 22.4 Å². The Morgan fingerprint density at radius 2 is 1.88 bits per heavy atom. The van der Waals surface area contributed by atoms with Crippen LogP contribution in [0.25, 0.3) is 22.2 Å². The van der Waals surface area contributed by atoms with Crippen molar-refractivity contribution in [1.82, 2.24) is 19.7 Å². The van der Waals surface area contributed by atoms with Gasteiger partial charge in [-0.1, -0.05) is 47.1 Å². The van der Waals surface area contributed by atoms with Gasteiger partial charge in [-0.15, -0.1) is 0 Å². The van der Waals surface area contributed by atoms with E-state index in [1.165, 1.54) is 4.57 Å². The molecule has 0 aliphatic carbocycles. The molecule has 0 fully saturated rings. The van der Waals surface area contributed by atoms with Crippen molar-refractivity contribution in [3.05, 3.63) is 106 Å². The molecule has 2 N–H and O–H groups in total. The highest BCUT2D eigenvalue weighted by Crippen LogP contribution is 2.34. The van der Waals surface area contributed by atoms with Gasteiger partial charge < -0.3 is 14.6 Å². The van der Waals surface area contributed by atoms with Crippen LogP contribution in [0.2, 0.25) is 0 Å². The van der Waals surface area contributed by atoms with Gasteiger partial charge in [0.2, 0.25) is 5.72 Å². The van der Waals surface area contributed by atoms with Gasteiger partial charge >= 0.3 is 5.69 Å². The quantitative estimate of drug-likeness (QED) is 0.452. The minimum Gasteiger partial charge on any atom is -0.362 e. The Labute approximate surface area is 184 Å². The van der Waals surface area contributed by atoms with Crippen LogP contribution in [-0.2, 0) is 5.72 Å². The number of nitrogens with one attached hydrogen (secondary N) is 1. The summed E-state index contributed by atoms with van der Waals surface area (Å²) in [4.78, 5) is 20.5. The second-order valence-electron chi connectivity index (χ2n) is 7.95. The molecule has 32 heavy (non-hydrogen) atoms. The van der Waals surface area contributed by atoms with Crippen LogP contribution in [0, 0.1) is 20.8 Å². The number of hydrogen-bond donors (Lipinski definition) is 2. The lowest BCUT2D eigenvalue weighted by Gasteiger charge is -2.30. The SMILES string of the molecule is Cc1cccc(C(O)(c2ccccn2)n2c(=O)[nH]c3ccc(-c4c(C)noc4C)cc32)c1. The normalized spacial score (nSPS) is 13.4. The van der Waals surface area contributed by atoms with Crippen molar-refractivity contribution in [1.29, 1.82) is 0 Å². The Morgan fingerprint density at radius 3 is 2.56 bits per heavy atom. The lowest BCUT2D eigenvalue weighted by atomic mass is 9.96. The first-order chi connectivity index (χ1) is 15.4. The molecule has 0 radical (unpaired) electrons. The van der Waals surface area contributed by atoms with Crippen molar-refractivity contribution in [3.8, 4) is 11.1 Å². The number of pyridine rings is 1. The molecule has 160 valence electrons. The lowest BCUT2D eigenvalue weighted by molar-refractivity contribution is 0.0451. The summed E-state index contributed by atoms with van der Waals surface area (Å²) >= 11 is 0. The van der Waals surface area contributed by atoms with Gasteiger partial charge in [-0.3, -0.25) is 9.55 Å². The molecule has 0 spiro atoms. The Hall–Kier alpha value is -3.97. The number of aliphatic hydroxyl groups is 1. The Bertz CT molecular complexity index is 1480. The molecule has 3 aromatic heterocycles. The third-order valence-corrected chi connectivity index (χ3v) is 5.77. The zero-order chi connectivity index (χ0) is 22.5. The van der Waals surface area contributed by atoms with Crippen LogP contribution in [0.1, 0.15) is 28.3 Å². The minimum absolute atomic E-state index is 0.344. The Morgan fingerprint density at radius 1 is 1.03 bits per heavy atom. The number of hydrogen-bond acceptors (Lipinski definition) is 5. The number of aromatic nitrogens is 4. The van der Waals surface area contributed by atoms with Gasteiger partial charge in [0.15, 0.2) is 0 Å². The summed E-state index contributed by atoms with van der Waals surface area (Å²) in [6.07, 6.45) is 1.60. The van der Waals surface area contributed by atoms with E-state index in [-0.39, 0.29) is 0 Å². The van der Waals surface area contributed by atoms with Gasteiger partial charge in [0.05, 0.1) is 22.4 Å². The van der Waals surface area contributed by atoms with Crippen LogP contribution >= 0.6 is 0 Å². The highest BCUT2D eigenvalue weighted by molar-refractivity contribution is 5.83. The standard InChI is InChI=1S/C25H22N4O3/c1-15-7-6-8-19(13-15)25(31,22-9-4-5-12-26-22)29-21-14-18(10-11-20(21)27-24(29)30)23-16(2)28-32-17(23)3/h4-14,31H,1-3H3,(H,27,30). The van der Waals surface area contributed by atoms with Crippen LogP contribution in [0.3, 0.4) is 0 Å². The summed E-state index contributed by atoms with van der Waals surface area (Å²) in [6.45, 7) is 5.66. The number of nitrogens with zero attached hydrogens (tertiary/aromatic N) is 3. The molecule has 2 aromatic carbocycles. The lowest BCUT2D eigenvalue weighted by Crippen LogP contribution is -2.42. The first-order valence-electron chi connectivity index (χ1n) is 10.3. The van der Waals surface area contributed by atoms with Crippen molar-refractivity contribution in [3.63, 3.8) is 0 Å². The topological polar surface area (TPSA) is 96.9 Å². The van der Waals surface area contributed by atoms with Gasteiger partial charge in [0.1, 0.15) is 5.76 Å². The number of imidazole rings is 1. The molecule has 5 aromatic rings. The summed E-state index contributed by atoms with van der Waals surface area (Å²) in [7, 11) is 0. The van der Waals surface area contributed by atoms with E-state index >= 15 is 0 Å². The maximum absolute atomic E-state index is 13.2. The maximum Gasteiger partial charge on any atom is 0.329 e. The largest absolute Gasteiger partial charge is 0.362 e. The minimum atomic E-state index is -1.82. The van der Waals surface area contributed by atoms with Crippen LogP contribution in [0.5, 0.6) is 0 Å². The highest BCUT2D eigenvalue weighted by atomic mass is 16.5. The number of benzene rings is 2. The fraction of sp³-hybridized carbons (Fsp3) is 0.160. The third kappa shape index (κ3) is 2.98. The molecule has 0 aliphatic heterocycles. The second kappa shape index (κ2) is 7.32. The average Bonchev–Trinajstić information content (AvgIpc) is 3.31. The Balaban J connectivity index is 1.85. The van der Waals surface area contributed by atoms with E-state index in [1.807, 2.05) is 57.2 Å². The van der Waals surface area contributed by atoms with Crippen LogP contribution in [0.4, 0.5) is 0 Å². The summed E-state index contributed by atoms with van der Waals surface area (Å²) in [5.74, 6) is 0.685. The van der Waals surface area contributed by atoms with Gasteiger partial charge in [0, 0.05) is 17.3 Å². The van der Waals surface area contributed by atoms with E-state index in [9.17, 15) is 9.90 Å². The first kappa shape index (κ1) is 20.0. The molecule has 0 aliphatic rings. The van der Waals surface area contributed by atoms with E-state index in [1.54, 1.807) is 30.5 Å². The predicted molar refractivity (Wildman–Crippen MR) is 121 cm³/mol. The number of fused-ring (bicyclic) bond motifs is 1. The number of rotatable bonds is 4. The van der Waals surface area contributed by atoms with Crippen LogP contribution in [0.15, 0.2) is 76.2 Å². The molecule has 1 unspecified atom stereocenters. The van der Waals surface area contributed by atoms with E-state index < -0.39 is 11.4 Å². The number of aryl methyl sites for hydroxylation is 3. The van der Waals surface area contributed by atoms with Gasteiger partial charge in [-0.25, -0.2) is 4.79 Å². The third-order valence-electron chi connectivity index (χ3n) is 5.77. The molecular weight excluding hydrogens is 404 g/mol. The van der Waals surface area contributed by atoms with Crippen molar-refractivity contribution >= 4 is 11.0 Å². The molecule has 0 saturated carbocycles. The van der Waals surface area contributed by atoms with Gasteiger partial charge in [0.25, 0.3) is 0 Å². The molecule has 7 heteroatoms. The first-order valence-corrected chi connectivity index (χ1v) is 10.3. The van der Waals surface area contributed by atoms with Crippen LogP contribution in [-0.4, -0.2) is 24.8 Å². The predicted octanol–water partition coefficient (Wildman–Crippen LogP) is 4.05. The Kier molecular flexibility index (Phi) is 4.56. The zero-order valence-corrected chi connectivity index (χ0v) is 18.0. The molecule has 1 atom stereocenters. The molecule has 0 saturated heterocycles. The van der Waals surface area contributed by atoms with Crippen molar-refractivity contribution < 1.29 is 9.63 Å². The fourth-order valence-electron chi connectivity index (χ4n) is 4.30. The molecule has 7 nitrogen and oxygen atoms in total. The zero-order valence-electron chi connectivity index (χ0n) is 18.0. The monoisotopic (exact) mass is 426 g/mol. The summed E-state index contributed by atoms with van der Waals surface area (Å²) in [5.41, 5.74) is 3.20. The summed E-state index contributed by atoms with van der Waals surface area (Å²) in [5, 5.41) is 16.2. The maximum atomic E-state index is 13.2. The molecule has 3 heterocycles. The van der Waals surface area contributed by atoms with Crippen molar-refractivity contribution in [2.75, 3.05) is 0 Å². The van der Waals surface area contributed by atoms with Crippen molar-refractivity contribution in [2.45, 2.75) is 26.5 Å².